The number of nitrogens with zero attached hydrogens (tertiary/aromatic N) is 2. The SMILES string of the molecule is CC(C(O)c1ccccc1)N(C)C1CCN(C)CC1. The second-order valence-electron chi connectivity index (χ2n) is 5.80. The standard InChI is InChI=1S/C16H26N2O/c1-13(16(19)14-7-5-4-6-8-14)18(3)15-9-11-17(2)12-10-15/h4-8,13,15-16,19H,9-12H2,1-3H3. The third-order valence-electron chi connectivity index (χ3n) is 4.50. The van der Waals surface area contributed by atoms with Gasteiger partial charge in [-0.05, 0) is 52.5 Å². The zero-order valence-corrected chi connectivity index (χ0v) is 12.3. The van der Waals surface area contributed by atoms with E-state index in [9.17, 15) is 5.11 Å². The molecule has 0 amide bonds. The number of likely N-dealkylation sites (N-methyl/N-ethyl adjacent to an activating group) is 1. The summed E-state index contributed by atoms with van der Waals surface area (Å²) in [6.45, 7) is 4.43. The Labute approximate surface area is 116 Å². The van der Waals surface area contributed by atoms with Crippen LogP contribution in [0.1, 0.15) is 31.4 Å². The van der Waals surface area contributed by atoms with Gasteiger partial charge in [0.15, 0.2) is 0 Å². The van der Waals surface area contributed by atoms with E-state index in [-0.39, 0.29) is 6.04 Å². The topological polar surface area (TPSA) is 26.7 Å². The van der Waals surface area contributed by atoms with E-state index in [2.05, 4.69) is 30.8 Å². The van der Waals surface area contributed by atoms with Gasteiger partial charge in [0, 0.05) is 12.1 Å². The predicted octanol–water partition coefficient (Wildman–Crippen LogP) is 2.13. The second kappa shape index (κ2) is 6.51. The lowest BCUT2D eigenvalue weighted by atomic mass is 9.98. The summed E-state index contributed by atoms with van der Waals surface area (Å²) in [5, 5.41) is 10.5. The van der Waals surface area contributed by atoms with Crippen LogP contribution in [0.4, 0.5) is 0 Å². The molecule has 3 heteroatoms. The molecule has 2 rings (SSSR count). The van der Waals surface area contributed by atoms with E-state index in [1.807, 2.05) is 30.3 Å². The quantitative estimate of drug-likeness (QED) is 0.900. The fourth-order valence-corrected chi connectivity index (χ4v) is 2.89. The lowest BCUT2D eigenvalue weighted by Gasteiger charge is -2.39. The molecule has 1 aliphatic rings. The molecule has 19 heavy (non-hydrogen) atoms. The van der Waals surface area contributed by atoms with Crippen LogP contribution in [0, 0.1) is 0 Å². The first-order valence-corrected chi connectivity index (χ1v) is 7.23. The molecule has 1 aliphatic heterocycles. The Kier molecular flexibility index (Phi) is 4.97. The van der Waals surface area contributed by atoms with Crippen molar-refractivity contribution in [2.45, 2.75) is 38.0 Å². The molecule has 0 spiro atoms. The smallest absolute Gasteiger partial charge is 0.0942 e. The third-order valence-corrected chi connectivity index (χ3v) is 4.50. The molecule has 2 unspecified atom stereocenters. The van der Waals surface area contributed by atoms with Gasteiger partial charge in [0.25, 0.3) is 0 Å². The van der Waals surface area contributed by atoms with Crippen molar-refractivity contribution in [1.82, 2.24) is 9.80 Å². The molecule has 0 bridgehead atoms. The number of rotatable bonds is 4. The Bertz CT molecular complexity index is 374. The lowest BCUT2D eigenvalue weighted by Crippen LogP contribution is -2.47. The molecule has 0 aromatic heterocycles. The van der Waals surface area contributed by atoms with Crippen LogP contribution >= 0.6 is 0 Å². The minimum Gasteiger partial charge on any atom is -0.387 e. The first-order valence-electron chi connectivity index (χ1n) is 7.23. The highest BCUT2D eigenvalue weighted by Gasteiger charge is 2.27. The van der Waals surface area contributed by atoms with Crippen molar-refractivity contribution in [3.05, 3.63) is 35.9 Å². The average molecular weight is 262 g/mol. The normalized spacial score (nSPS) is 21.5. The number of hydrogen-bond donors (Lipinski definition) is 1. The summed E-state index contributed by atoms with van der Waals surface area (Å²) in [5.74, 6) is 0. The van der Waals surface area contributed by atoms with Gasteiger partial charge >= 0.3 is 0 Å². The van der Waals surface area contributed by atoms with E-state index in [1.54, 1.807) is 0 Å². The van der Waals surface area contributed by atoms with Crippen molar-refractivity contribution in [2.75, 3.05) is 27.2 Å². The van der Waals surface area contributed by atoms with Crippen molar-refractivity contribution in [3.8, 4) is 0 Å². The maximum absolute atomic E-state index is 10.5. The van der Waals surface area contributed by atoms with Crippen LogP contribution in [-0.4, -0.2) is 54.2 Å². The molecule has 1 fully saturated rings. The summed E-state index contributed by atoms with van der Waals surface area (Å²) in [5.41, 5.74) is 1.01. The van der Waals surface area contributed by atoms with Gasteiger partial charge < -0.3 is 10.0 Å². The van der Waals surface area contributed by atoms with E-state index in [4.69, 9.17) is 0 Å². The molecule has 1 saturated heterocycles. The average Bonchev–Trinajstić information content (AvgIpc) is 2.46. The van der Waals surface area contributed by atoms with Gasteiger partial charge in [-0.2, -0.15) is 0 Å². The van der Waals surface area contributed by atoms with Gasteiger partial charge in [-0.1, -0.05) is 30.3 Å². The molecule has 0 aliphatic carbocycles. The highest BCUT2D eigenvalue weighted by molar-refractivity contribution is 5.18. The van der Waals surface area contributed by atoms with Crippen LogP contribution in [0.5, 0.6) is 0 Å². The number of hydrogen-bond acceptors (Lipinski definition) is 3. The van der Waals surface area contributed by atoms with Gasteiger partial charge in [0.2, 0.25) is 0 Å². The van der Waals surface area contributed by atoms with E-state index >= 15 is 0 Å². The minimum absolute atomic E-state index is 0.149. The number of aliphatic hydroxyl groups is 1. The highest BCUT2D eigenvalue weighted by atomic mass is 16.3. The van der Waals surface area contributed by atoms with E-state index in [0.29, 0.717) is 6.04 Å². The largest absolute Gasteiger partial charge is 0.387 e. The molecule has 1 aromatic rings. The van der Waals surface area contributed by atoms with Gasteiger partial charge in [-0.15, -0.1) is 0 Å². The van der Waals surface area contributed by atoms with Crippen LogP contribution in [-0.2, 0) is 0 Å². The number of piperidine rings is 1. The van der Waals surface area contributed by atoms with Gasteiger partial charge in [0.1, 0.15) is 0 Å². The monoisotopic (exact) mass is 262 g/mol. The summed E-state index contributed by atoms with van der Waals surface area (Å²) in [6.07, 6.45) is 1.98. The van der Waals surface area contributed by atoms with Crippen LogP contribution in [0.15, 0.2) is 30.3 Å². The van der Waals surface area contributed by atoms with Crippen LogP contribution < -0.4 is 0 Å². The summed E-state index contributed by atoms with van der Waals surface area (Å²) in [7, 11) is 4.32. The Hall–Kier alpha value is -0.900. The Morgan fingerprint density at radius 3 is 2.37 bits per heavy atom. The molecule has 1 aromatic carbocycles. The predicted molar refractivity (Wildman–Crippen MR) is 79.1 cm³/mol. The second-order valence-corrected chi connectivity index (χ2v) is 5.80. The van der Waals surface area contributed by atoms with Crippen LogP contribution in [0.3, 0.4) is 0 Å². The Morgan fingerprint density at radius 1 is 1.21 bits per heavy atom. The zero-order chi connectivity index (χ0) is 13.8. The minimum atomic E-state index is -0.411. The molecular weight excluding hydrogens is 236 g/mol. The van der Waals surface area contributed by atoms with Crippen LogP contribution in [0.2, 0.25) is 0 Å². The number of aliphatic hydroxyl groups excluding tert-OH is 1. The molecule has 1 N–H and O–H groups in total. The molecule has 0 radical (unpaired) electrons. The van der Waals surface area contributed by atoms with E-state index < -0.39 is 6.10 Å². The van der Waals surface area contributed by atoms with Gasteiger partial charge in [-0.25, -0.2) is 0 Å². The first kappa shape index (κ1) is 14.5. The van der Waals surface area contributed by atoms with Crippen molar-refractivity contribution in [1.29, 1.82) is 0 Å². The summed E-state index contributed by atoms with van der Waals surface area (Å²) in [6, 6.07) is 10.7. The first-order chi connectivity index (χ1) is 9.09. The summed E-state index contributed by atoms with van der Waals surface area (Å²) >= 11 is 0. The molecule has 0 saturated carbocycles. The van der Waals surface area contributed by atoms with E-state index in [0.717, 1.165) is 18.7 Å². The fourth-order valence-electron chi connectivity index (χ4n) is 2.89. The number of likely N-dealkylation sites (tertiary alicyclic amines) is 1. The Morgan fingerprint density at radius 2 is 1.79 bits per heavy atom. The molecular formula is C16H26N2O. The lowest BCUT2D eigenvalue weighted by molar-refractivity contribution is 0.0308. The summed E-state index contributed by atoms with van der Waals surface area (Å²) in [4.78, 5) is 4.73. The molecule has 106 valence electrons. The van der Waals surface area contributed by atoms with Crippen molar-refractivity contribution >= 4 is 0 Å². The third kappa shape index (κ3) is 3.56. The zero-order valence-electron chi connectivity index (χ0n) is 12.3. The fraction of sp³-hybridized carbons (Fsp3) is 0.625. The van der Waals surface area contributed by atoms with Crippen molar-refractivity contribution < 1.29 is 5.11 Å². The van der Waals surface area contributed by atoms with Crippen LogP contribution in [0.25, 0.3) is 0 Å². The maximum Gasteiger partial charge on any atom is 0.0942 e. The molecule has 2 atom stereocenters. The maximum atomic E-state index is 10.5. The summed E-state index contributed by atoms with van der Waals surface area (Å²) < 4.78 is 0. The van der Waals surface area contributed by atoms with Crippen molar-refractivity contribution in [3.63, 3.8) is 0 Å². The van der Waals surface area contributed by atoms with E-state index in [1.165, 1.54) is 12.8 Å². The molecule has 1 heterocycles. The highest BCUT2D eigenvalue weighted by Crippen LogP contribution is 2.24. The van der Waals surface area contributed by atoms with Crippen molar-refractivity contribution in [2.24, 2.45) is 0 Å². The number of benzene rings is 1. The molecule has 3 nitrogen and oxygen atoms in total. The van der Waals surface area contributed by atoms with Gasteiger partial charge in [0.05, 0.1) is 6.10 Å². The Balaban J connectivity index is 1.97. The van der Waals surface area contributed by atoms with Gasteiger partial charge in [-0.3, -0.25) is 4.90 Å².